The Kier molecular flexibility index (Phi) is 3.88. The summed E-state index contributed by atoms with van der Waals surface area (Å²) in [6, 6.07) is -0.894. The van der Waals surface area contributed by atoms with Gasteiger partial charge in [0.05, 0.1) is 17.8 Å². The number of carbonyl (C=O) groups excluding carboxylic acids is 2. The third-order valence-corrected chi connectivity index (χ3v) is 3.32. The lowest BCUT2D eigenvalue weighted by molar-refractivity contribution is -0.310. The van der Waals surface area contributed by atoms with Crippen LogP contribution in [0.4, 0.5) is 0 Å². The van der Waals surface area contributed by atoms with E-state index in [-0.39, 0.29) is 11.7 Å². The van der Waals surface area contributed by atoms with Crippen LogP contribution in [-0.2, 0) is 9.59 Å². The number of nitrogens with zero attached hydrogens (tertiary/aromatic N) is 1. The number of aliphatic carboxylic acids is 1. The Balaban J connectivity index is 2.81. The number of carboxylic acid groups (broad SMARTS) is 1. The van der Waals surface area contributed by atoms with E-state index >= 15 is 0 Å². The number of thioether (sulfide) groups is 1. The number of amides is 1. The lowest BCUT2D eigenvalue weighted by Gasteiger charge is -2.27. The molecule has 0 aromatic heterocycles. The van der Waals surface area contributed by atoms with Crippen molar-refractivity contribution in [2.75, 3.05) is 5.75 Å². The van der Waals surface area contributed by atoms with Gasteiger partial charge in [-0.25, -0.2) is 0 Å². The molecule has 1 aliphatic heterocycles. The first-order chi connectivity index (χ1) is 6.57. The van der Waals surface area contributed by atoms with Crippen LogP contribution in [0.15, 0.2) is 0 Å². The van der Waals surface area contributed by atoms with Crippen molar-refractivity contribution in [1.29, 1.82) is 0 Å². The number of thiocarbonyl (C=S) groups is 1. The van der Waals surface area contributed by atoms with Crippen LogP contribution in [0.1, 0.15) is 19.8 Å². The predicted molar refractivity (Wildman–Crippen MR) is 55.6 cm³/mol. The summed E-state index contributed by atoms with van der Waals surface area (Å²) in [5.41, 5.74) is 0. The predicted octanol–water partition coefficient (Wildman–Crippen LogP) is -0.235. The lowest BCUT2D eigenvalue weighted by atomic mass is 10.1. The van der Waals surface area contributed by atoms with Crippen LogP contribution in [-0.4, -0.2) is 32.9 Å². The fraction of sp³-hybridized carbons (Fsp3) is 0.625. The van der Waals surface area contributed by atoms with Crippen molar-refractivity contribution in [2.24, 2.45) is 0 Å². The summed E-state index contributed by atoms with van der Waals surface area (Å²) in [5.74, 6) is -1.22. The van der Waals surface area contributed by atoms with E-state index in [2.05, 4.69) is 0 Å². The Morgan fingerprint density at radius 3 is 2.79 bits per heavy atom. The second-order valence-corrected chi connectivity index (χ2v) is 4.55. The summed E-state index contributed by atoms with van der Waals surface area (Å²) in [5, 5.41) is 10.8. The van der Waals surface area contributed by atoms with Crippen LogP contribution in [0.2, 0.25) is 0 Å². The molecule has 0 aromatic rings. The molecule has 78 valence electrons. The summed E-state index contributed by atoms with van der Waals surface area (Å²) in [4.78, 5) is 23.3. The van der Waals surface area contributed by atoms with Crippen molar-refractivity contribution in [1.82, 2.24) is 4.90 Å². The molecule has 0 spiro atoms. The normalized spacial score (nSPS) is 18.8. The molecule has 6 heteroatoms. The maximum Gasteiger partial charge on any atom is 0.239 e. The Bertz CT molecular complexity index is 264. The molecule has 1 atom stereocenters. The van der Waals surface area contributed by atoms with Crippen LogP contribution >= 0.6 is 24.0 Å². The first-order valence-corrected chi connectivity index (χ1v) is 5.67. The number of carboxylic acids is 1. The molecule has 0 N–H and O–H groups in total. The zero-order valence-electron chi connectivity index (χ0n) is 7.69. The minimum atomic E-state index is -1.23. The zero-order valence-corrected chi connectivity index (χ0v) is 9.32. The molecule has 4 nitrogen and oxygen atoms in total. The standard InChI is InChI=1S/C8H11NO3S2/c1-2-3-5(7(11)12)9-6(10)4-14-8(9)13/h5H,2-4H2,1H3,(H,11,12)/p-1/t5-/m0/s1. The molecule has 14 heavy (non-hydrogen) atoms. The molecule has 0 aromatic carbocycles. The van der Waals surface area contributed by atoms with Gasteiger partial charge in [0.25, 0.3) is 0 Å². The van der Waals surface area contributed by atoms with E-state index in [4.69, 9.17) is 12.2 Å². The summed E-state index contributed by atoms with van der Waals surface area (Å²) in [6.45, 7) is 1.85. The van der Waals surface area contributed by atoms with Crippen molar-refractivity contribution in [2.45, 2.75) is 25.8 Å². The van der Waals surface area contributed by atoms with Gasteiger partial charge in [-0.15, -0.1) is 0 Å². The first-order valence-electron chi connectivity index (χ1n) is 4.27. The summed E-state index contributed by atoms with van der Waals surface area (Å²) in [7, 11) is 0. The molecule has 1 heterocycles. The maximum atomic E-state index is 11.3. The van der Waals surface area contributed by atoms with E-state index in [0.717, 1.165) is 0 Å². The first kappa shape index (κ1) is 11.5. The Hall–Kier alpha value is -0.620. The SMILES string of the molecule is CCC[C@@H](C(=O)[O-])N1C(=O)CSC1=S. The largest absolute Gasteiger partial charge is 0.548 e. The van der Waals surface area contributed by atoms with Crippen LogP contribution < -0.4 is 5.11 Å². The summed E-state index contributed by atoms with van der Waals surface area (Å²) in [6.07, 6.45) is 1.06. The molecule has 0 unspecified atom stereocenters. The molecule has 0 radical (unpaired) electrons. The average Bonchev–Trinajstić information content (AvgIpc) is 2.43. The molecule has 0 bridgehead atoms. The van der Waals surface area contributed by atoms with E-state index in [9.17, 15) is 14.7 Å². The highest BCUT2D eigenvalue weighted by Crippen LogP contribution is 2.23. The highest BCUT2D eigenvalue weighted by Gasteiger charge is 2.33. The van der Waals surface area contributed by atoms with Gasteiger partial charge in [-0.1, -0.05) is 37.3 Å². The lowest BCUT2D eigenvalue weighted by Crippen LogP contribution is -2.50. The molecular formula is C8H10NO3S2-. The van der Waals surface area contributed by atoms with E-state index in [1.54, 1.807) is 0 Å². The van der Waals surface area contributed by atoms with Gasteiger partial charge in [0.1, 0.15) is 4.32 Å². The van der Waals surface area contributed by atoms with Crippen LogP contribution in [0, 0.1) is 0 Å². The molecule has 0 saturated carbocycles. The molecule has 1 fully saturated rings. The smallest absolute Gasteiger partial charge is 0.239 e. The third-order valence-electron chi connectivity index (χ3n) is 1.93. The highest BCUT2D eigenvalue weighted by atomic mass is 32.2. The van der Waals surface area contributed by atoms with Gasteiger partial charge in [-0.05, 0) is 6.42 Å². The van der Waals surface area contributed by atoms with Crippen molar-refractivity contribution < 1.29 is 14.7 Å². The fourth-order valence-corrected chi connectivity index (χ4v) is 2.45. The molecule has 1 aliphatic rings. The Morgan fingerprint density at radius 1 is 1.79 bits per heavy atom. The number of carbonyl (C=O) groups is 2. The zero-order chi connectivity index (χ0) is 10.7. The van der Waals surface area contributed by atoms with Crippen LogP contribution in [0.5, 0.6) is 0 Å². The fourth-order valence-electron chi connectivity index (χ4n) is 1.29. The minimum absolute atomic E-state index is 0.234. The number of hydrogen-bond acceptors (Lipinski definition) is 5. The van der Waals surface area contributed by atoms with Crippen molar-refractivity contribution in [3.8, 4) is 0 Å². The van der Waals surface area contributed by atoms with E-state index in [1.807, 2.05) is 6.92 Å². The van der Waals surface area contributed by atoms with Crippen molar-refractivity contribution in [3.63, 3.8) is 0 Å². The average molecular weight is 232 g/mol. The number of hydrogen-bond donors (Lipinski definition) is 0. The summed E-state index contributed by atoms with van der Waals surface area (Å²) < 4.78 is 0.345. The third kappa shape index (κ3) is 2.24. The molecule has 1 rings (SSSR count). The molecule has 1 amide bonds. The van der Waals surface area contributed by atoms with Crippen molar-refractivity contribution >= 4 is 40.2 Å². The Morgan fingerprint density at radius 2 is 2.43 bits per heavy atom. The van der Waals surface area contributed by atoms with Gasteiger partial charge in [0, 0.05) is 0 Å². The van der Waals surface area contributed by atoms with E-state index in [0.29, 0.717) is 17.2 Å². The molecular weight excluding hydrogens is 222 g/mol. The number of rotatable bonds is 4. The minimum Gasteiger partial charge on any atom is -0.548 e. The van der Waals surface area contributed by atoms with Gasteiger partial charge in [0.2, 0.25) is 5.91 Å². The second kappa shape index (κ2) is 4.75. The van der Waals surface area contributed by atoms with Crippen molar-refractivity contribution in [3.05, 3.63) is 0 Å². The van der Waals surface area contributed by atoms with Gasteiger partial charge < -0.3 is 9.90 Å². The van der Waals surface area contributed by atoms with Gasteiger partial charge in [0.15, 0.2) is 0 Å². The van der Waals surface area contributed by atoms with E-state index in [1.165, 1.54) is 16.7 Å². The monoisotopic (exact) mass is 232 g/mol. The highest BCUT2D eigenvalue weighted by molar-refractivity contribution is 8.23. The topological polar surface area (TPSA) is 60.4 Å². The summed E-state index contributed by atoms with van der Waals surface area (Å²) >= 11 is 6.11. The molecule has 1 saturated heterocycles. The Labute approximate surface area is 91.6 Å². The maximum absolute atomic E-state index is 11.3. The van der Waals surface area contributed by atoms with Crippen LogP contribution in [0.3, 0.4) is 0 Å². The molecule has 0 aliphatic carbocycles. The van der Waals surface area contributed by atoms with Gasteiger partial charge >= 0.3 is 0 Å². The van der Waals surface area contributed by atoms with E-state index < -0.39 is 12.0 Å². The second-order valence-electron chi connectivity index (χ2n) is 2.94. The van der Waals surface area contributed by atoms with Gasteiger partial charge in [-0.3, -0.25) is 9.69 Å². The van der Waals surface area contributed by atoms with Crippen LogP contribution in [0.25, 0.3) is 0 Å². The van der Waals surface area contributed by atoms with Gasteiger partial charge in [-0.2, -0.15) is 0 Å². The quantitative estimate of drug-likeness (QED) is 0.626.